The maximum Gasteiger partial charge on any atom is 0.0568 e. The number of hydrogen-bond acceptors (Lipinski definition) is 2. The molecule has 0 fully saturated rings. The van der Waals surface area contributed by atoms with E-state index >= 15 is 0 Å². The van der Waals surface area contributed by atoms with Crippen LogP contribution in [-0.4, -0.2) is 19.6 Å². The second-order valence-electron chi connectivity index (χ2n) is 5.93. The molecule has 0 atom stereocenters. The second-order valence-corrected chi connectivity index (χ2v) is 5.93. The summed E-state index contributed by atoms with van der Waals surface area (Å²) < 4.78 is 3.65. The second kappa shape index (κ2) is 5.81. The minimum absolute atomic E-state index is 1.13. The lowest BCUT2D eigenvalue weighted by Crippen LogP contribution is -1.86. The van der Waals surface area contributed by atoms with Gasteiger partial charge in [-0.2, -0.15) is 10.2 Å². The van der Waals surface area contributed by atoms with Crippen molar-refractivity contribution in [3.05, 3.63) is 73.3 Å². The molecule has 0 aliphatic carbocycles. The van der Waals surface area contributed by atoms with Crippen molar-refractivity contribution in [3.8, 4) is 33.4 Å². The van der Waals surface area contributed by atoms with E-state index in [0.717, 1.165) is 11.1 Å². The molecule has 0 unspecified atom stereocenters. The topological polar surface area (TPSA) is 35.6 Å². The van der Waals surface area contributed by atoms with E-state index in [1.54, 1.807) is 0 Å². The molecular formula is C20H18N4. The van der Waals surface area contributed by atoms with Gasteiger partial charge in [0, 0.05) is 37.6 Å². The van der Waals surface area contributed by atoms with Crippen molar-refractivity contribution in [3.63, 3.8) is 0 Å². The van der Waals surface area contributed by atoms with E-state index in [9.17, 15) is 0 Å². The van der Waals surface area contributed by atoms with Crippen molar-refractivity contribution >= 4 is 0 Å². The summed E-state index contributed by atoms with van der Waals surface area (Å²) in [5.74, 6) is 0. The van der Waals surface area contributed by atoms with Crippen molar-refractivity contribution in [2.24, 2.45) is 14.1 Å². The standard InChI is InChI=1S/C20H18N4/c1-23-13-17(11-21-23)15-7-9-16(10-8-15)19-5-3-4-6-20(19)18-12-22-24(2)14-18/h3-14H,1-2H3. The minimum Gasteiger partial charge on any atom is -0.275 e. The summed E-state index contributed by atoms with van der Waals surface area (Å²) in [5.41, 5.74) is 7.03. The molecule has 0 saturated carbocycles. The van der Waals surface area contributed by atoms with E-state index in [1.165, 1.54) is 22.3 Å². The van der Waals surface area contributed by atoms with Gasteiger partial charge in [0.05, 0.1) is 12.4 Å². The van der Waals surface area contributed by atoms with Crippen molar-refractivity contribution in [1.82, 2.24) is 19.6 Å². The molecule has 0 spiro atoms. The van der Waals surface area contributed by atoms with Gasteiger partial charge in [-0.3, -0.25) is 9.36 Å². The molecule has 2 aromatic carbocycles. The maximum atomic E-state index is 4.29. The Bertz CT molecular complexity index is 977. The molecule has 24 heavy (non-hydrogen) atoms. The third-order valence-corrected chi connectivity index (χ3v) is 4.18. The summed E-state index contributed by atoms with van der Waals surface area (Å²) in [6.07, 6.45) is 7.86. The first-order valence-electron chi connectivity index (χ1n) is 7.88. The number of benzene rings is 2. The summed E-state index contributed by atoms with van der Waals surface area (Å²) in [4.78, 5) is 0. The minimum atomic E-state index is 1.13. The van der Waals surface area contributed by atoms with Crippen molar-refractivity contribution in [2.45, 2.75) is 0 Å². The summed E-state index contributed by atoms with van der Waals surface area (Å²) >= 11 is 0. The fourth-order valence-corrected chi connectivity index (χ4v) is 2.96. The van der Waals surface area contributed by atoms with Crippen molar-refractivity contribution in [2.75, 3.05) is 0 Å². The lowest BCUT2D eigenvalue weighted by molar-refractivity contribution is 0.768. The molecule has 4 heteroatoms. The van der Waals surface area contributed by atoms with Crippen LogP contribution in [0.2, 0.25) is 0 Å². The van der Waals surface area contributed by atoms with Crippen LogP contribution in [0.1, 0.15) is 0 Å². The highest BCUT2D eigenvalue weighted by Crippen LogP contribution is 2.32. The highest BCUT2D eigenvalue weighted by Gasteiger charge is 2.09. The first kappa shape index (κ1) is 14.5. The summed E-state index contributed by atoms with van der Waals surface area (Å²) in [5, 5.41) is 8.53. The first-order valence-corrected chi connectivity index (χ1v) is 7.88. The van der Waals surface area contributed by atoms with Crippen LogP contribution in [0.15, 0.2) is 73.3 Å². The summed E-state index contributed by atoms with van der Waals surface area (Å²) in [6.45, 7) is 0. The average Bonchev–Trinajstić information content (AvgIpc) is 3.24. The summed E-state index contributed by atoms with van der Waals surface area (Å²) in [6, 6.07) is 17.1. The highest BCUT2D eigenvalue weighted by atomic mass is 15.2. The predicted molar refractivity (Wildman–Crippen MR) is 96.3 cm³/mol. The smallest absolute Gasteiger partial charge is 0.0568 e. The van der Waals surface area contributed by atoms with E-state index in [-0.39, 0.29) is 0 Å². The Hall–Kier alpha value is -3.14. The number of aromatic nitrogens is 4. The fraction of sp³-hybridized carbons (Fsp3) is 0.100. The van der Waals surface area contributed by atoms with E-state index in [4.69, 9.17) is 0 Å². The van der Waals surface area contributed by atoms with Crippen LogP contribution in [-0.2, 0) is 14.1 Å². The Morgan fingerprint density at radius 1 is 0.583 bits per heavy atom. The van der Waals surface area contributed by atoms with E-state index in [2.05, 4.69) is 58.7 Å². The van der Waals surface area contributed by atoms with Crippen LogP contribution in [0.25, 0.3) is 33.4 Å². The van der Waals surface area contributed by atoms with Crippen LogP contribution >= 0.6 is 0 Å². The zero-order chi connectivity index (χ0) is 16.5. The van der Waals surface area contributed by atoms with Gasteiger partial charge in [0.15, 0.2) is 0 Å². The third-order valence-electron chi connectivity index (χ3n) is 4.18. The monoisotopic (exact) mass is 314 g/mol. The zero-order valence-electron chi connectivity index (χ0n) is 13.7. The van der Waals surface area contributed by atoms with Crippen LogP contribution in [0, 0.1) is 0 Å². The number of hydrogen-bond donors (Lipinski definition) is 0. The molecule has 0 aliphatic rings. The van der Waals surface area contributed by atoms with E-state index < -0.39 is 0 Å². The average molecular weight is 314 g/mol. The van der Waals surface area contributed by atoms with Gasteiger partial charge in [-0.25, -0.2) is 0 Å². The Morgan fingerprint density at radius 2 is 1.08 bits per heavy atom. The van der Waals surface area contributed by atoms with E-state index in [1.807, 2.05) is 48.2 Å². The largest absolute Gasteiger partial charge is 0.275 e. The van der Waals surface area contributed by atoms with Gasteiger partial charge in [-0.15, -0.1) is 0 Å². The first-order chi connectivity index (χ1) is 11.7. The van der Waals surface area contributed by atoms with Gasteiger partial charge < -0.3 is 0 Å². The highest BCUT2D eigenvalue weighted by molar-refractivity contribution is 5.83. The molecule has 0 amide bonds. The van der Waals surface area contributed by atoms with Gasteiger partial charge in [0.1, 0.15) is 0 Å². The Labute approximate surface area is 141 Å². The molecule has 0 saturated heterocycles. The molecule has 0 radical (unpaired) electrons. The Balaban J connectivity index is 1.74. The quantitative estimate of drug-likeness (QED) is 0.569. The predicted octanol–water partition coefficient (Wildman–Crippen LogP) is 4.15. The molecular weight excluding hydrogens is 296 g/mol. The lowest BCUT2D eigenvalue weighted by Gasteiger charge is -2.09. The molecule has 0 aliphatic heterocycles. The van der Waals surface area contributed by atoms with Gasteiger partial charge in [0.25, 0.3) is 0 Å². The van der Waals surface area contributed by atoms with Gasteiger partial charge in [-0.05, 0) is 22.3 Å². The van der Waals surface area contributed by atoms with E-state index in [0.29, 0.717) is 0 Å². The molecule has 4 aromatic rings. The van der Waals surface area contributed by atoms with Gasteiger partial charge >= 0.3 is 0 Å². The Kier molecular flexibility index (Phi) is 3.50. The molecule has 0 bridgehead atoms. The normalized spacial score (nSPS) is 10.9. The molecule has 2 heterocycles. The van der Waals surface area contributed by atoms with Crippen LogP contribution in [0.3, 0.4) is 0 Å². The van der Waals surface area contributed by atoms with Crippen LogP contribution < -0.4 is 0 Å². The Morgan fingerprint density at radius 3 is 1.62 bits per heavy atom. The molecule has 2 aromatic heterocycles. The van der Waals surface area contributed by atoms with Gasteiger partial charge in [-0.1, -0.05) is 48.5 Å². The van der Waals surface area contributed by atoms with Crippen molar-refractivity contribution in [1.29, 1.82) is 0 Å². The SMILES string of the molecule is Cn1cc(-c2ccc(-c3ccccc3-c3cnn(C)c3)cc2)cn1. The lowest BCUT2D eigenvalue weighted by atomic mass is 9.95. The molecule has 118 valence electrons. The number of aryl methyl sites for hydroxylation is 2. The molecule has 4 nitrogen and oxygen atoms in total. The van der Waals surface area contributed by atoms with Crippen LogP contribution in [0.5, 0.6) is 0 Å². The maximum absolute atomic E-state index is 4.29. The third kappa shape index (κ3) is 2.63. The van der Waals surface area contributed by atoms with Crippen LogP contribution in [0.4, 0.5) is 0 Å². The summed E-state index contributed by atoms with van der Waals surface area (Å²) in [7, 11) is 3.87. The van der Waals surface area contributed by atoms with Crippen molar-refractivity contribution < 1.29 is 0 Å². The molecule has 4 rings (SSSR count). The fourth-order valence-electron chi connectivity index (χ4n) is 2.96. The molecule has 0 N–H and O–H groups in total. The number of nitrogens with zero attached hydrogens (tertiary/aromatic N) is 4. The zero-order valence-corrected chi connectivity index (χ0v) is 13.7. The number of rotatable bonds is 3. The van der Waals surface area contributed by atoms with Gasteiger partial charge in [0.2, 0.25) is 0 Å².